The second kappa shape index (κ2) is 2.07. The van der Waals surface area contributed by atoms with Gasteiger partial charge in [-0.05, 0) is 6.92 Å². The van der Waals surface area contributed by atoms with Gasteiger partial charge in [0.15, 0.2) is 0 Å². The summed E-state index contributed by atoms with van der Waals surface area (Å²) in [4.78, 5) is 2.22. The maximum absolute atomic E-state index is 5.52. The van der Waals surface area contributed by atoms with E-state index in [1.807, 2.05) is 6.20 Å². The maximum Gasteiger partial charge on any atom is 0.0260 e. The summed E-state index contributed by atoms with van der Waals surface area (Å²) in [6.45, 7) is 4.33. The molecule has 0 amide bonds. The van der Waals surface area contributed by atoms with Crippen LogP contribution in [0.5, 0.6) is 0 Å². The van der Waals surface area contributed by atoms with Gasteiger partial charge in [-0.25, -0.2) is 0 Å². The average molecular weight is 112 g/mol. The minimum absolute atomic E-state index is 1.02. The number of nitrogens with zero attached hydrogens (tertiary/aromatic N) is 1. The number of rotatable bonds is 1. The van der Waals surface area contributed by atoms with Gasteiger partial charge in [0.2, 0.25) is 0 Å². The van der Waals surface area contributed by atoms with E-state index in [-0.39, 0.29) is 0 Å². The first-order valence-electron chi connectivity index (χ1n) is 3.03. The fourth-order valence-corrected chi connectivity index (χ4v) is 0.886. The molecule has 0 fully saturated rings. The zero-order valence-corrected chi connectivity index (χ0v) is 5.22. The van der Waals surface area contributed by atoms with Gasteiger partial charge in [-0.15, -0.1) is 0 Å². The van der Waals surface area contributed by atoms with Crippen molar-refractivity contribution >= 4 is 0 Å². The van der Waals surface area contributed by atoms with Crippen LogP contribution in [-0.2, 0) is 0 Å². The third-order valence-electron chi connectivity index (χ3n) is 1.44. The topological polar surface area (TPSA) is 29.3 Å². The highest BCUT2D eigenvalue weighted by Crippen LogP contribution is 2.06. The summed E-state index contributed by atoms with van der Waals surface area (Å²) in [5.41, 5.74) is 6.54. The Kier molecular flexibility index (Phi) is 1.42. The van der Waals surface area contributed by atoms with Crippen LogP contribution in [0, 0.1) is 0 Å². The Morgan fingerprint density at radius 2 is 2.62 bits per heavy atom. The fraction of sp³-hybridized carbons (Fsp3) is 0.667. The molecule has 0 aromatic carbocycles. The monoisotopic (exact) mass is 112 g/mol. The van der Waals surface area contributed by atoms with Crippen LogP contribution in [0.15, 0.2) is 11.9 Å². The molecule has 0 aliphatic carbocycles. The number of hydrogen-bond donors (Lipinski definition) is 1. The van der Waals surface area contributed by atoms with E-state index in [9.17, 15) is 0 Å². The summed E-state index contributed by atoms with van der Waals surface area (Å²) in [5.74, 6) is 0. The minimum atomic E-state index is 1.02. The Morgan fingerprint density at radius 3 is 2.88 bits per heavy atom. The van der Waals surface area contributed by atoms with Gasteiger partial charge in [0.25, 0.3) is 0 Å². The van der Waals surface area contributed by atoms with Crippen LogP contribution in [0.1, 0.15) is 13.3 Å². The van der Waals surface area contributed by atoms with Crippen LogP contribution < -0.4 is 5.73 Å². The summed E-state index contributed by atoms with van der Waals surface area (Å²) >= 11 is 0. The molecule has 0 saturated heterocycles. The summed E-state index contributed by atoms with van der Waals surface area (Å²) in [5, 5.41) is 0. The highest BCUT2D eigenvalue weighted by Gasteiger charge is 2.05. The zero-order chi connectivity index (χ0) is 5.98. The van der Waals surface area contributed by atoms with Crippen LogP contribution in [0.3, 0.4) is 0 Å². The van der Waals surface area contributed by atoms with Crippen molar-refractivity contribution in [2.75, 3.05) is 13.1 Å². The van der Waals surface area contributed by atoms with Crippen LogP contribution in [0.4, 0.5) is 0 Å². The second-order valence-electron chi connectivity index (χ2n) is 2.08. The molecule has 0 aromatic rings. The largest absolute Gasteiger partial charge is 0.401 e. The average Bonchev–Trinajstić information content (AvgIpc) is 2.14. The van der Waals surface area contributed by atoms with E-state index >= 15 is 0 Å². The van der Waals surface area contributed by atoms with E-state index in [1.54, 1.807) is 0 Å². The minimum Gasteiger partial charge on any atom is -0.401 e. The van der Waals surface area contributed by atoms with Crippen molar-refractivity contribution in [3.8, 4) is 0 Å². The van der Waals surface area contributed by atoms with E-state index in [0.717, 1.165) is 25.2 Å². The molecule has 8 heavy (non-hydrogen) atoms. The van der Waals surface area contributed by atoms with Crippen LogP contribution in [0.25, 0.3) is 0 Å². The predicted molar refractivity (Wildman–Crippen MR) is 34.1 cm³/mol. The maximum atomic E-state index is 5.52. The molecule has 0 aromatic heterocycles. The molecule has 1 rings (SSSR count). The zero-order valence-electron chi connectivity index (χ0n) is 5.22. The first-order chi connectivity index (χ1) is 3.83. The molecule has 2 nitrogen and oxygen atoms in total. The Bertz CT molecular complexity index is 107. The lowest BCUT2D eigenvalue weighted by atomic mass is 10.4. The summed E-state index contributed by atoms with van der Waals surface area (Å²) < 4.78 is 0. The third kappa shape index (κ3) is 0.941. The first kappa shape index (κ1) is 5.48. The lowest BCUT2D eigenvalue weighted by Crippen LogP contribution is -2.12. The Labute approximate surface area is 50.0 Å². The normalized spacial score (nSPS) is 19.1. The van der Waals surface area contributed by atoms with E-state index in [1.165, 1.54) is 0 Å². The van der Waals surface area contributed by atoms with Gasteiger partial charge in [-0.1, -0.05) is 0 Å². The Balaban J connectivity index is 2.41. The molecular weight excluding hydrogens is 100 g/mol. The van der Waals surface area contributed by atoms with Gasteiger partial charge in [0.05, 0.1) is 0 Å². The van der Waals surface area contributed by atoms with Crippen molar-refractivity contribution in [3.05, 3.63) is 11.9 Å². The predicted octanol–water partition coefficient (Wildman–Crippen LogP) is 0.512. The lowest BCUT2D eigenvalue weighted by Gasteiger charge is -2.09. The van der Waals surface area contributed by atoms with Crippen molar-refractivity contribution in [1.82, 2.24) is 4.90 Å². The molecule has 2 heteroatoms. The molecule has 1 heterocycles. The smallest absolute Gasteiger partial charge is 0.0260 e. The van der Waals surface area contributed by atoms with Gasteiger partial charge >= 0.3 is 0 Å². The Hall–Kier alpha value is -0.660. The van der Waals surface area contributed by atoms with Crippen LogP contribution in [-0.4, -0.2) is 18.0 Å². The summed E-state index contributed by atoms with van der Waals surface area (Å²) in [6, 6.07) is 0. The van der Waals surface area contributed by atoms with Crippen LogP contribution in [0.2, 0.25) is 0 Å². The van der Waals surface area contributed by atoms with E-state index in [2.05, 4.69) is 11.8 Å². The molecule has 1 aliphatic rings. The van der Waals surface area contributed by atoms with Crippen molar-refractivity contribution in [2.24, 2.45) is 5.73 Å². The quantitative estimate of drug-likeness (QED) is 0.535. The lowest BCUT2D eigenvalue weighted by molar-refractivity contribution is 0.429. The molecular formula is C6H12N2. The SMILES string of the molecule is CCN1C=C(N)CC1. The highest BCUT2D eigenvalue weighted by atomic mass is 15.1. The molecule has 0 spiro atoms. The summed E-state index contributed by atoms with van der Waals surface area (Å²) in [6.07, 6.45) is 3.08. The number of hydrogen-bond acceptors (Lipinski definition) is 2. The second-order valence-corrected chi connectivity index (χ2v) is 2.08. The van der Waals surface area contributed by atoms with E-state index < -0.39 is 0 Å². The molecule has 0 bridgehead atoms. The Morgan fingerprint density at radius 1 is 1.88 bits per heavy atom. The van der Waals surface area contributed by atoms with Gasteiger partial charge < -0.3 is 10.6 Å². The molecule has 0 radical (unpaired) electrons. The molecule has 0 saturated carbocycles. The van der Waals surface area contributed by atoms with Crippen LogP contribution >= 0.6 is 0 Å². The third-order valence-corrected chi connectivity index (χ3v) is 1.44. The summed E-state index contributed by atoms with van der Waals surface area (Å²) in [7, 11) is 0. The first-order valence-corrected chi connectivity index (χ1v) is 3.03. The number of nitrogens with two attached hydrogens (primary N) is 1. The highest BCUT2D eigenvalue weighted by molar-refractivity contribution is 5.02. The molecule has 0 atom stereocenters. The van der Waals surface area contributed by atoms with Gasteiger partial charge in [-0.2, -0.15) is 0 Å². The molecule has 0 unspecified atom stereocenters. The molecule has 2 N–H and O–H groups in total. The standard InChI is InChI=1S/C6H12N2/c1-2-8-4-3-6(7)5-8/h5H,2-4,7H2,1H3. The van der Waals surface area contributed by atoms with Crippen molar-refractivity contribution in [3.63, 3.8) is 0 Å². The van der Waals surface area contributed by atoms with Gasteiger partial charge in [0, 0.05) is 31.4 Å². The van der Waals surface area contributed by atoms with E-state index in [4.69, 9.17) is 5.73 Å². The van der Waals surface area contributed by atoms with Crippen molar-refractivity contribution < 1.29 is 0 Å². The van der Waals surface area contributed by atoms with E-state index in [0.29, 0.717) is 0 Å². The molecule has 1 aliphatic heterocycles. The van der Waals surface area contributed by atoms with Crippen molar-refractivity contribution in [2.45, 2.75) is 13.3 Å². The molecule has 46 valence electrons. The fourth-order valence-electron chi connectivity index (χ4n) is 0.886. The van der Waals surface area contributed by atoms with Crippen molar-refractivity contribution in [1.29, 1.82) is 0 Å². The van der Waals surface area contributed by atoms with Gasteiger partial charge in [-0.3, -0.25) is 0 Å². The van der Waals surface area contributed by atoms with Gasteiger partial charge in [0.1, 0.15) is 0 Å².